The number of nitrogens with one attached hydrogen (secondary N) is 1. The number of aryl methyl sites for hydroxylation is 3. The molecule has 0 bridgehead atoms. The van der Waals surface area contributed by atoms with Crippen molar-refractivity contribution in [3.8, 4) is 11.8 Å². The lowest BCUT2D eigenvalue weighted by Gasteiger charge is -2.17. The van der Waals surface area contributed by atoms with E-state index in [0.29, 0.717) is 28.1 Å². The molecule has 1 aliphatic rings. The molecule has 1 aliphatic carbocycles. The zero-order valence-corrected chi connectivity index (χ0v) is 24.1. The molecule has 2 heterocycles. The van der Waals surface area contributed by atoms with Gasteiger partial charge < -0.3 is 14.6 Å². The van der Waals surface area contributed by atoms with E-state index in [1.54, 1.807) is 11.3 Å². The molecule has 1 atom stereocenters. The Hall–Kier alpha value is -2.54. The number of hydrogen-bond donors (Lipinski definition) is 1. The number of thioether (sulfide) groups is 1. The number of ether oxygens (including phenoxy) is 1. The van der Waals surface area contributed by atoms with Gasteiger partial charge in [0.25, 0.3) is 0 Å². The zero-order valence-electron chi connectivity index (χ0n) is 21.7. The molecule has 4 rings (SSSR count). The third-order valence-electron chi connectivity index (χ3n) is 6.52. The zero-order chi connectivity index (χ0) is 26.5. The molecule has 1 aromatic carbocycles. The first-order valence-electron chi connectivity index (χ1n) is 12.7. The third kappa shape index (κ3) is 6.31. The van der Waals surface area contributed by atoms with Crippen LogP contribution < -0.4 is 10.1 Å². The standard InChI is InChI=1S/C27H32ClN5O2S2/c1-5-33-25(18(4)35-19-12-16(2)24(28)17(3)13-19)31-32-27(33)36-15-23(34)30-26-21(14-29)20-10-8-6-7-9-11-22(20)37-26/h12-13,18H,5-11,15H2,1-4H3,(H,30,34). The van der Waals surface area contributed by atoms with E-state index in [2.05, 4.69) is 21.6 Å². The number of aromatic nitrogens is 3. The van der Waals surface area contributed by atoms with Crippen LogP contribution in [0.15, 0.2) is 17.3 Å². The van der Waals surface area contributed by atoms with Crippen molar-refractivity contribution in [1.29, 1.82) is 5.26 Å². The average Bonchev–Trinajstić information content (AvgIpc) is 3.41. The van der Waals surface area contributed by atoms with Gasteiger partial charge in [-0.3, -0.25) is 4.79 Å². The minimum atomic E-state index is -0.334. The maximum absolute atomic E-state index is 12.8. The van der Waals surface area contributed by atoms with Gasteiger partial charge in [-0.1, -0.05) is 36.2 Å². The quantitative estimate of drug-likeness (QED) is 0.299. The summed E-state index contributed by atoms with van der Waals surface area (Å²) in [6.07, 6.45) is 6.21. The Morgan fingerprint density at radius 3 is 2.62 bits per heavy atom. The van der Waals surface area contributed by atoms with Crippen molar-refractivity contribution in [1.82, 2.24) is 14.8 Å². The lowest BCUT2D eigenvalue weighted by atomic mass is 9.97. The molecule has 0 saturated carbocycles. The van der Waals surface area contributed by atoms with Gasteiger partial charge in [-0.05, 0) is 82.2 Å². The van der Waals surface area contributed by atoms with Gasteiger partial charge in [0, 0.05) is 16.4 Å². The molecule has 37 heavy (non-hydrogen) atoms. The van der Waals surface area contributed by atoms with Gasteiger partial charge >= 0.3 is 0 Å². The summed E-state index contributed by atoms with van der Waals surface area (Å²) in [4.78, 5) is 14.1. The highest BCUT2D eigenvalue weighted by Gasteiger charge is 2.22. The molecule has 2 aromatic heterocycles. The molecule has 10 heteroatoms. The average molecular weight is 558 g/mol. The number of rotatable bonds is 8. The number of halogens is 1. The van der Waals surface area contributed by atoms with Gasteiger partial charge in [-0.25, -0.2) is 0 Å². The lowest BCUT2D eigenvalue weighted by Crippen LogP contribution is -2.15. The molecular formula is C27H32ClN5O2S2. The van der Waals surface area contributed by atoms with Crippen LogP contribution in [-0.2, 0) is 24.2 Å². The highest BCUT2D eigenvalue weighted by molar-refractivity contribution is 7.99. The molecule has 1 N–H and O–H groups in total. The molecule has 1 unspecified atom stereocenters. The minimum absolute atomic E-state index is 0.153. The molecule has 0 saturated heterocycles. The van der Waals surface area contributed by atoms with Crippen LogP contribution in [0.25, 0.3) is 0 Å². The Bertz CT molecular complexity index is 1300. The van der Waals surface area contributed by atoms with Crippen LogP contribution in [0.4, 0.5) is 5.00 Å². The van der Waals surface area contributed by atoms with E-state index >= 15 is 0 Å². The maximum Gasteiger partial charge on any atom is 0.235 e. The Balaban J connectivity index is 1.42. The molecule has 0 aliphatic heterocycles. The molecule has 7 nitrogen and oxygen atoms in total. The number of carbonyl (C=O) groups excluding carboxylic acids is 1. The van der Waals surface area contributed by atoms with Gasteiger partial charge in [0.15, 0.2) is 17.1 Å². The number of hydrogen-bond acceptors (Lipinski definition) is 7. The van der Waals surface area contributed by atoms with Gasteiger partial charge in [0.2, 0.25) is 5.91 Å². The second kappa shape index (κ2) is 12.3. The van der Waals surface area contributed by atoms with Crippen molar-refractivity contribution >= 4 is 45.6 Å². The van der Waals surface area contributed by atoms with Crippen molar-refractivity contribution < 1.29 is 9.53 Å². The molecule has 196 valence electrons. The fourth-order valence-corrected chi connectivity index (χ4v) is 6.83. The Morgan fingerprint density at radius 2 is 1.95 bits per heavy atom. The van der Waals surface area contributed by atoms with Crippen LogP contribution in [0.5, 0.6) is 5.75 Å². The number of nitrogens with zero attached hydrogens (tertiary/aromatic N) is 4. The van der Waals surface area contributed by atoms with E-state index in [-0.39, 0.29) is 17.8 Å². The Kier molecular flexibility index (Phi) is 9.17. The number of amides is 1. The summed E-state index contributed by atoms with van der Waals surface area (Å²) in [6, 6.07) is 6.17. The Labute approximate surface area is 231 Å². The van der Waals surface area contributed by atoms with Crippen LogP contribution in [0.1, 0.15) is 78.6 Å². The van der Waals surface area contributed by atoms with Crippen molar-refractivity contribution in [3.63, 3.8) is 0 Å². The number of anilines is 1. The highest BCUT2D eigenvalue weighted by atomic mass is 35.5. The van der Waals surface area contributed by atoms with Gasteiger partial charge in [-0.15, -0.1) is 21.5 Å². The predicted octanol–water partition coefficient (Wildman–Crippen LogP) is 7.03. The SMILES string of the molecule is CCn1c(SCC(=O)Nc2sc3c(c2C#N)CCCCCC3)nnc1C(C)Oc1cc(C)c(Cl)c(C)c1. The van der Waals surface area contributed by atoms with Gasteiger partial charge in [0.1, 0.15) is 16.8 Å². The fourth-order valence-electron chi connectivity index (χ4n) is 4.65. The normalized spacial score (nSPS) is 14.3. The largest absolute Gasteiger partial charge is 0.483 e. The van der Waals surface area contributed by atoms with Crippen LogP contribution >= 0.6 is 34.7 Å². The molecule has 1 amide bonds. The summed E-state index contributed by atoms with van der Waals surface area (Å²) < 4.78 is 8.13. The van der Waals surface area contributed by atoms with E-state index in [1.807, 2.05) is 44.4 Å². The van der Waals surface area contributed by atoms with Gasteiger partial charge in [-0.2, -0.15) is 5.26 Å². The molecule has 0 fully saturated rings. The van der Waals surface area contributed by atoms with E-state index in [1.165, 1.54) is 29.5 Å². The first kappa shape index (κ1) is 27.5. The molecule has 0 radical (unpaired) electrons. The van der Waals surface area contributed by atoms with E-state index < -0.39 is 0 Å². The smallest absolute Gasteiger partial charge is 0.235 e. The maximum atomic E-state index is 12.8. The van der Waals surface area contributed by atoms with Crippen molar-refractivity contribution in [3.05, 3.63) is 50.1 Å². The molecule has 3 aromatic rings. The molecular weight excluding hydrogens is 526 g/mol. The van der Waals surface area contributed by atoms with E-state index in [4.69, 9.17) is 16.3 Å². The van der Waals surface area contributed by atoms with Gasteiger partial charge in [0.05, 0.1) is 11.3 Å². The summed E-state index contributed by atoms with van der Waals surface area (Å²) in [6.45, 7) is 8.50. The summed E-state index contributed by atoms with van der Waals surface area (Å²) in [5.41, 5.74) is 3.68. The predicted molar refractivity (Wildman–Crippen MR) is 150 cm³/mol. The minimum Gasteiger partial charge on any atom is -0.483 e. The van der Waals surface area contributed by atoms with Crippen LogP contribution in [0, 0.1) is 25.2 Å². The first-order valence-corrected chi connectivity index (χ1v) is 14.8. The fraction of sp³-hybridized carbons (Fsp3) is 0.481. The first-order chi connectivity index (χ1) is 17.8. The van der Waals surface area contributed by atoms with Crippen molar-refractivity contribution in [2.24, 2.45) is 0 Å². The second-order valence-electron chi connectivity index (χ2n) is 9.29. The lowest BCUT2D eigenvalue weighted by molar-refractivity contribution is -0.113. The molecule has 0 spiro atoms. The monoisotopic (exact) mass is 557 g/mol. The summed E-state index contributed by atoms with van der Waals surface area (Å²) in [7, 11) is 0. The van der Waals surface area contributed by atoms with Crippen LogP contribution in [0.3, 0.4) is 0 Å². The number of thiophene rings is 1. The highest BCUT2D eigenvalue weighted by Crippen LogP contribution is 2.37. The second-order valence-corrected chi connectivity index (χ2v) is 11.7. The topological polar surface area (TPSA) is 92.8 Å². The number of carbonyl (C=O) groups is 1. The van der Waals surface area contributed by atoms with E-state index in [0.717, 1.165) is 53.1 Å². The van der Waals surface area contributed by atoms with E-state index in [9.17, 15) is 10.1 Å². The third-order valence-corrected chi connectivity index (χ3v) is 9.29. The summed E-state index contributed by atoms with van der Waals surface area (Å²) in [5.74, 6) is 1.44. The Morgan fingerprint density at radius 1 is 1.24 bits per heavy atom. The van der Waals surface area contributed by atoms with Crippen molar-refractivity contribution in [2.75, 3.05) is 11.1 Å². The summed E-state index contributed by atoms with van der Waals surface area (Å²) >= 11 is 9.18. The van der Waals surface area contributed by atoms with Crippen molar-refractivity contribution in [2.45, 2.75) is 84.0 Å². The van der Waals surface area contributed by atoms with Crippen LogP contribution in [0.2, 0.25) is 5.02 Å². The number of benzene rings is 1. The summed E-state index contributed by atoms with van der Waals surface area (Å²) in [5, 5.41) is 23.5. The van der Waals surface area contributed by atoms with Crippen LogP contribution in [-0.4, -0.2) is 26.4 Å². The number of nitriles is 1. The number of fused-ring (bicyclic) bond motifs is 1.